The van der Waals surface area contributed by atoms with E-state index in [0.29, 0.717) is 43.6 Å². The highest BCUT2D eigenvalue weighted by atomic mass is 19.1. The molecule has 2 N–H and O–H groups in total. The molecule has 1 saturated heterocycles. The van der Waals surface area contributed by atoms with Crippen molar-refractivity contribution in [3.63, 3.8) is 0 Å². The van der Waals surface area contributed by atoms with Crippen LogP contribution in [0.1, 0.15) is 5.56 Å². The minimum Gasteiger partial charge on any atom is -0.383 e. The van der Waals surface area contributed by atoms with Crippen molar-refractivity contribution in [2.75, 3.05) is 48.9 Å². The first kappa shape index (κ1) is 20.1. The highest BCUT2D eigenvalue weighted by Gasteiger charge is 2.26. The van der Waals surface area contributed by atoms with Crippen molar-refractivity contribution in [2.45, 2.75) is 13.1 Å². The van der Waals surface area contributed by atoms with E-state index in [1.54, 1.807) is 13.2 Å². The van der Waals surface area contributed by atoms with Gasteiger partial charge in [-0.1, -0.05) is 0 Å². The smallest absolute Gasteiger partial charge is 0.246 e. The summed E-state index contributed by atoms with van der Waals surface area (Å²) in [5.74, 6) is 0.0122. The third-order valence-corrected chi connectivity index (χ3v) is 4.79. The van der Waals surface area contributed by atoms with Crippen LogP contribution in [0.5, 0.6) is 0 Å². The monoisotopic (exact) mass is 414 g/mol. The summed E-state index contributed by atoms with van der Waals surface area (Å²) in [6.45, 7) is 3.90. The average molecular weight is 414 g/mol. The Morgan fingerprint density at radius 1 is 1.10 bits per heavy atom. The molecule has 4 rings (SSSR count). The fraction of sp³-hybridized carbons (Fsp3) is 0.333. The summed E-state index contributed by atoms with van der Waals surface area (Å²) in [6, 6.07) is 10.5. The Bertz CT molecular complexity index is 1020. The van der Waals surface area contributed by atoms with Crippen LogP contribution >= 0.6 is 0 Å². The van der Waals surface area contributed by atoms with Gasteiger partial charge in [0.2, 0.25) is 5.95 Å². The van der Waals surface area contributed by atoms with Gasteiger partial charge < -0.3 is 20.3 Å². The minimum atomic E-state index is -0.764. The maximum absolute atomic E-state index is 14.0. The number of nitrogens with one attached hydrogen (secondary N) is 2. The van der Waals surface area contributed by atoms with Gasteiger partial charge >= 0.3 is 0 Å². The molecule has 2 heterocycles. The summed E-state index contributed by atoms with van der Waals surface area (Å²) < 4.78 is 33.7. The first-order valence-electron chi connectivity index (χ1n) is 9.73. The Morgan fingerprint density at radius 3 is 2.67 bits per heavy atom. The zero-order valence-electron chi connectivity index (χ0n) is 16.9. The summed E-state index contributed by atoms with van der Waals surface area (Å²) in [5, 5.41) is 10.7. The summed E-state index contributed by atoms with van der Waals surface area (Å²) in [5.41, 5.74) is 4.01. The molecule has 9 heteroatoms. The summed E-state index contributed by atoms with van der Waals surface area (Å²) in [6.07, 6.45) is 0.759. The molecule has 2 aromatic carbocycles. The molecule has 0 atom stereocenters. The van der Waals surface area contributed by atoms with Crippen LogP contribution in [0.3, 0.4) is 0 Å². The van der Waals surface area contributed by atoms with Crippen LogP contribution in [-0.2, 0) is 4.74 Å². The zero-order chi connectivity index (χ0) is 21.1. The second kappa shape index (κ2) is 8.66. The van der Waals surface area contributed by atoms with E-state index in [2.05, 4.69) is 20.7 Å². The molecule has 1 aromatic heterocycles. The first-order valence-corrected chi connectivity index (χ1v) is 9.73. The standard InChI is InChI=1S/C21H24F2N6O/c1-14-5-18(10-19(6-14)28-11-16(23)12-28)26-21-25-13-29(27-21)20-8-15(22)7-17(9-20)24-3-4-30-2/h5-10,13,16,24H,3-4,11-12H2,1-2H3,(H,26,27). The number of nitrogens with zero attached hydrogens (tertiary/aromatic N) is 4. The van der Waals surface area contributed by atoms with Gasteiger partial charge in [0.1, 0.15) is 18.3 Å². The molecule has 1 aliphatic heterocycles. The number of aryl methyl sites for hydroxylation is 1. The Balaban J connectivity index is 1.50. The number of anilines is 4. The highest BCUT2D eigenvalue weighted by Crippen LogP contribution is 2.28. The van der Waals surface area contributed by atoms with Gasteiger partial charge in [0.25, 0.3) is 0 Å². The van der Waals surface area contributed by atoms with Crippen LogP contribution in [0.25, 0.3) is 5.69 Å². The predicted octanol–water partition coefficient (Wildman–Crippen LogP) is 3.67. The van der Waals surface area contributed by atoms with Crippen molar-refractivity contribution in [3.05, 3.63) is 54.1 Å². The lowest BCUT2D eigenvalue weighted by molar-refractivity contribution is 0.211. The molecule has 30 heavy (non-hydrogen) atoms. The van der Waals surface area contributed by atoms with E-state index < -0.39 is 6.17 Å². The largest absolute Gasteiger partial charge is 0.383 e. The van der Waals surface area contributed by atoms with E-state index in [9.17, 15) is 8.78 Å². The van der Waals surface area contributed by atoms with Crippen molar-refractivity contribution in [2.24, 2.45) is 0 Å². The van der Waals surface area contributed by atoms with Crippen molar-refractivity contribution in [3.8, 4) is 5.69 Å². The fourth-order valence-electron chi connectivity index (χ4n) is 3.33. The van der Waals surface area contributed by atoms with Crippen molar-refractivity contribution < 1.29 is 13.5 Å². The van der Waals surface area contributed by atoms with Gasteiger partial charge in [-0.2, -0.15) is 4.98 Å². The van der Waals surface area contributed by atoms with E-state index in [4.69, 9.17) is 4.74 Å². The van der Waals surface area contributed by atoms with Gasteiger partial charge in [-0.05, 0) is 48.9 Å². The van der Waals surface area contributed by atoms with Gasteiger partial charge in [-0.25, -0.2) is 13.5 Å². The lowest BCUT2D eigenvalue weighted by Crippen LogP contribution is -2.48. The summed E-state index contributed by atoms with van der Waals surface area (Å²) in [4.78, 5) is 6.26. The van der Waals surface area contributed by atoms with E-state index in [1.165, 1.54) is 23.1 Å². The molecule has 0 aliphatic carbocycles. The fourth-order valence-corrected chi connectivity index (χ4v) is 3.33. The van der Waals surface area contributed by atoms with Gasteiger partial charge in [0, 0.05) is 30.7 Å². The Morgan fingerprint density at radius 2 is 1.90 bits per heavy atom. The predicted molar refractivity (Wildman–Crippen MR) is 113 cm³/mol. The second-order valence-electron chi connectivity index (χ2n) is 7.31. The van der Waals surface area contributed by atoms with Gasteiger partial charge in [-0.15, -0.1) is 5.10 Å². The average Bonchev–Trinajstić information content (AvgIpc) is 3.13. The zero-order valence-corrected chi connectivity index (χ0v) is 16.9. The molecule has 158 valence electrons. The van der Waals surface area contributed by atoms with E-state index >= 15 is 0 Å². The third-order valence-electron chi connectivity index (χ3n) is 4.79. The van der Waals surface area contributed by atoms with Gasteiger partial charge in [0.15, 0.2) is 0 Å². The molecule has 0 bridgehead atoms. The van der Waals surface area contributed by atoms with E-state index in [1.807, 2.05) is 30.0 Å². The molecule has 0 radical (unpaired) electrons. The maximum Gasteiger partial charge on any atom is 0.246 e. The Labute approximate surface area is 173 Å². The van der Waals surface area contributed by atoms with Crippen molar-refractivity contribution in [1.29, 1.82) is 0 Å². The normalized spacial score (nSPS) is 13.9. The molecular formula is C21H24F2N6O. The molecule has 1 fully saturated rings. The topological polar surface area (TPSA) is 67.2 Å². The van der Waals surface area contributed by atoms with Crippen molar-refractivity contribution in [1.82, 2.24) is 14.8 Å². The van der Waals surface area contributed by atoms with Crippen LogP contribution in [0.4, 0.5) is 31.8 Å². The maximum atomic E-state index is 14.0. The highest BCUT2D eigenvalue weighted by molar-refractivity contribution is 5.65. The number of halogens is 2. The van der Waals surface area contributed by atoms with Crippen LogP contribution in [0.15, 0.2) is 42.7 Å². The SMILES string of the molecule is COCCNc1cc(F)cc(-n2cnc(Nc3cc(C)cc(N4CC(F)C4)c3)n2)c1. The van der Waals surface area contributed by atoms with Gasteiger partial charge in [-0.3, -0.25) is 0 Å². The quantitative estimate of drug-likeness (QED) is 0.548. The summed E-state index contributed by atoms with van der Waals surface area (Å²) in [7, 11) is 1.61. The molecule has 0 amide bonds. The van der Waals surface area contributed by atoms with Crippen LogP contribution in [0.2, 0.25) is 0 Å². The number of benzene rings is 2. The molecule has 0 unspecified atom stereocenters. The molecule has 0 saturated carbocycles. The molecule has 0 spiro atoms. The molecular weight excluding hydrogens is 390 g/mol. The molecule has 3 aromatic rings. The van der Waals surface area contributed by atoms with Crippen molar-refractivity contribution >= 4 is 23.0 Å². The van der Waals surface area contributed by atoms with Gasteiger partial charge in [0.05, 0.1) is 25.4 Å². The number of methoxy groups -OCH3 is 1. The number of hydrogen-bond donors (Lipinski definition) is 2. The first-order chi connectivity index (χ1) is 14.5. The molecule has 7 nitrogen and oxygen atoms in total. The number of aromatic nitrogens is 3. The van der Waals surface area contributed by atoms with Crippen LogP contribution in [0, 0.1) is 12.7 Å². The van der Waals surface area contributed by atoms with E-state index in [-0.39, 0.29) is 5.82 Å². The lowest BCUT2D eigenvalue weighted by Gasteiger charge is -2.36. The number of ether oxygens (including phenoxy) is 1. The Hall–Kier alpha value is -3.20. The summed E-state index contributed by atoms with van der Waals surface area (Å²) >= 11 is 0. The molecule has 1 aliphatic rings. The number of rotatable bonds is 8. The minimum absolute atomic E-state index is 0.374. The van der Waals surface area contributed by atoms with Crippen LogP contribution < -0.4 is 15.5 Å². The Kier molecular flexibility index (Phi) is 5.80. The lowest BCUT2D eigenvalue weighted by atomic mass is 10.1. The number of hydrogen-bond acceptors (Lipinski definition) is 6. The second-order valence-corrected chi connectivity index (χ2v) is 7.31. The van der Waals surface area contributed by atoms with E-state index in [0.717, 1.165) is 16.9 Å². The number of alkyl halides is 1. The third kappa shape index (κ3) is 4.68. The van der Waals surface area contributed by atoms with Crippen LogP contribution in [-0.4, -0.2) is 54.3 Å².